The van der Waals surface area contributed by atoms with Crippen molar-refractivity contribution >= 4 is 11.1 Å². The van der Waals surface area contributed by atoms with Crippen molar-refractivity contribution < 1.29 is 13.5 Å². The van der Waals surface area contributed by atoms with Gasteiger partial charge in [-0.15, -0.1) is 0 Å². The predicted molar refractivity (Wildman–Crippen MR) is 35.8 cm³/mol. The first-order chi connectivity index (χ1) is 5.24. The number of aromatic nitrogens is 2. The molecule has 1 rings (SSSR count). The summed E-state index contributed by atoms with van der Waals surface area (Å²) in [5, 5.41) is -0.0919. The molecule has 5 nitrogen and oxygen atoms in total. The highest BCUT2D eigenvalue weighted by Crippen LogP contribution is 2.03. The summed E-state index contributed by atoms with van der Waals surface area (Å²) >= 11 is -2.32. The maximum Gasteiger partial charge on any atom is 0.232 e. The lowest BCUT2D eigenvalue weighted by molar-refractivity contribution is 0.394. The third-order valence-electron chi connectivity index (χ3n) is 0.984. The van der Waals surface area contributed by atoms with Gasteiger partial charge in [-0.25, -0.2) is 9.97 Å². The first-order valence-corrected chi connectivity index (χ1v) is 3.77. The third-order valence-corrected chi connectivity index (χ3v) is 1.54. The Labute approximate surface area is 65.7 Å². The largest absolute Gasteiger partial charge is 0.767 e. The molecule has 0 aliphatic heterocycles. The molecule has 60 valence electrons. The molecule has 0 saturated carbocycles. The van der Waals surface area contributed by atoms with Crippen LogP contribution in [0.2, 0.25) is 0 Å². The van der Waals surface area contributed by atoms with E-state index in [4.69, 9.17) is 0 Å². The van der Waals surface area contributed by atoms with Crippen molar-refractivity contribution in [1.29, 1.82) is 0 Å². The summed E-state index contributed by atoms with van der Waals surface area (Å²) in [5.74, 6) is 0.291. The van der Waals surface area contributed by atoms with Crippen LogP contribution >= 0.6 is 0 Å². The van der Waals surface area contributed by atoms with E-state index in [2.05, 4.69) is 14.7 Å². The molecule has 0 bridgehead atoms. The standard InChI is InChI=1S/C5H6N2O3S/c1-10-4-2-7-5(3-6-4)11(8)9/h2-3H,1H3,(H,8,9)/p-1. The van der Waals surface area contributed by atoms with Gasteiger partial charge in [-0.3, -0.25) is 4.21 Å². The summed E-state index contributed by atoms with van der Waals surface area (Å²) in [4.78, 5) is 7.19. The molecule has 0 saturated heterocycles. The monoisotopic (exact) mass is 173 g/mol. The summed E-state index contributed by atoms with van der Waals surface area (Å²) in [5.41, 5.74) is 0. The van der Waals surface area contributed by atoms with Crippen LogP contribution in [0.4, 0.5) is 0 Å². The Balaban J connectivity index is 2.91. The third kappa shape index (κ3) is 1.95. The van der Waals surface area contributed by atoms with Crippen LogP contribution in [0.15, 0.2) is 17.4 Å². The highest BCUT2D eigenvalue weighted by Gasteiger charge is 1.95. The van der Waals surface area contributed by atoms with Crippen LogP contribution in [-0.2, 0) is 11.1 Å². The first-order valence-electron chi connectivity index (χ1n) is 2.69. The highest BCUT2D eigenvalue weighted by molar-refractivity contribution is 7.79. The molecule has 0 aromatic carbocycles. The second-order valence-corrected chi connectivity index (χ2v) is 2.52. The van der Waals surface area contributed by atoms with E-state index in [1.807, 2.05) is 0 Å². The molecule has 0 amide bonds. The molecule has 0 fully saturated rings. The number of rotatable bonds is 2. The van der Waals surface area contributed by atoms with Crippen molar-refractivity contribution in [2.45, 2.75) is 5.03 Å². The van der Waals surface area contributed by atoms with Gasteiger partial charge >= 0.3 is 0 Å². The fourth-order valence-corrected chi connectivity index (χ4v) is 0.773. The first kappa shape index (κ1) is 8.09. The molecular formula is C5H5N2O3S-. The molecule has 11 heavy (non-hydrogen) atoms. The van der Waals surface area contributed by atoms with E-state index in [1.54, 1.807) is 0 Å². The topological polar surface area (TPSA) is 75.1 Å². The molecule has 1 aromatic heterocycles. The zero-order valence-corrected chi connectivity index (χ0v) is 6.50. The Morgan fingerprint density at radius 3 is 2.64 bits per heavy atom. The van der Waals surface area contributed by atoms with Crippen molar-refractivity contribution in [2.75, 3.05) is 7.11 Å². The maximum absolute atomic E-state index is 10.3. The molecule has 0 radical (unpaired) electrons. The summed E-state index contributed by atoms with van der Waals surface area (Å²) in [7, 11) is 1.43. The quantitative estimate of drug-likeness (QED) is 0.575. The minimum Gasteiger partial charge on any atom is -0.767 e. The molecule has 1 unspecified atom stereocenters. The zero-order chi connectivity index (χ0) is 8.27. The Morgan fingerprint density at radius 1 is 1.55 bits per heavy atom. The smallest absolute Gasteiger partial charge is 0.232 e. The van der Waals surface area contributed by atoms with Gasteiger partial charge < -0.3 is 9.29 Å². The maximum atomic E-state index is 10.3. The van der Waals surface area contributed by atoms with Gasteiger partial charge in [0.1, 0.15) is 5.03 Å². The fraction of sp³-hybridized carbons (Fsp3) is 0.200. The van der Waals surface area contributed by atoms with Crippen LogP contribution in [-0.4, -0.2) is 25.8 Å². The fourth-order valence-electron chi connectivity index (χ4n) is 0.496. The minimum absolute atomic E-state index is 0.0919. The summed E-state index contributed by atoms with van der Waals surface area (Å²) < 4.78 is 25.2. The summed E-state index contributed by atoms with van der Waals surface area (Å²) in [6, 6.07) is 0. The number of ether oxygens (including phenoxy) is 1. The van der Waals surface area contributed by atoms with E-state index in [0.717, 1.165) is 6.20 Å². The van der Waals surface area contributed by atoms with Crippen LogP contribution in [0.25, 0.3) is 0 Å². The summed E-state index contributed by atoms with van der Waals surface area (Å²) in [6.07, 6.45) is 2.37. The number of hydrogen-bond acceptors (Lipinski definition) is 5. The van der Waals surface area contributed by atoms with Gasteiger partial charge in [0.15, 0.2) is 0 Å². The van der Waals surface area contributed by atoms with Crippen molar-refractivity contribution in [2.24, 2.45) is 0 Å². The van der Waals surface area contributed by atoms with Crippen LogP contribution in [0.5, 0.6) is 5.88 Å². The molecule has 0 N–H and O–H groups in total. The van der Waals surface area contributed by atoms with Gasteiger partial charge in [-0.05, 0) is 11.1 Å². The Morgan fingerprint density at radius 2 is 2.27 bits per heavy atom. The SMILES string of the molecule is COc1cnc(S(=O)[O-])cn1. The highest BCUT2D eigenvalue weighted by atomic mass is 32.2. The predicted octanol–water partition coefficient (Wildman–Crippen LogP) is -0.277. The molecule has 1 heterocycles. The zero-order valence-electron chi connectivity index (χ0n) is 5.68. The lowest BCUT2D eigenvalue weighted by Crippen LogP contribution is -1.95. The Hall–Kier alpha value is -1.01. The molecule has 1 aromatic rings. The van der Waals surface area contributed by atoms with Gasteiger partial charge in [-0.1, -0.05) is 0 Å². The molecule has 6 heteroatoms. The van der Waals surface area contributed by atoms with Crippen molar-refractivity contribution in [3.05, 3.63) is 12.4 Å². The van der Waals surface area contributed by atoms with Gasteiger partial charge in [0.2, 0.25) is 5.88 Å². The van der Waals surface area contributed by atoms with Crippen LogP contribution in [0, 0.1) is 0 Å². The summed E-state index contributed by atoms with van der Waals surface area (Å²) in [6.45, 7) is 0. The van der Waals surface area contributed by atoms with Gasteiger partial charge in [-0.2, -0.15) is 0 Å². The molecular weight excluding hydrogens is 168 g/mol. The Bertz CT molecular complexity index is 261. The van der Waals surface area contributed by atoms with E-state index in [-0.39, 0.29) is 5.03 Å². The lowest BCUT2D eigenvalue weighted by Gasteiger charge is -2.02. The second kappa shape index (κ2) is 3.40. The van der Waals surface area contributed by atoms with Crippen molar-refractivity contribution in [3.8, 4) is 5.88 Å². The molecule has 1 atom stereocenters. The van der Waals surface area contributed by atoms with E-state index >= 15 is 0 Å². The Kier molecular flexibility index (Phi) is 2.50. The van der Waals surface area contributed by atoms with Gasteiger partial charge in [0, 0.05) is 0 Å². The van der Waals surface area contributed by atoms with E-state index < -0.39 is 11.1 Å². The lowest BCUT2D eigenvalue weighted by atomic mass is 10.7. The number of nitrogens with zero attached hydrogens (tertiary/aromatic N) is 2. The van der Waals surface area contributed by atoms with E-state index in [0.29, 0.717) is 5.88 Å². The van der Waals surface area contributed by atoms with Crippen molar-refractivity contribution in [1.82, 2.24) is 9.97 Å². The molecule has 0 spiro atoms. The van der Waals surface area contributed by atoms with Crippen molar-refractivity contribution in [3.63, 3.8) is 0 Å². The minimum atomic E-state index is -2.32. The number of hydrogen-bond donors (Lipinski definition) is 0. The van der Waals surface area contributed by atoms with Crippen LogP contribution in [0.1, 0.15) is 0 Å². The van der Waals surface area contributed by atoms with E-state index in [9.17, 15) is 8.76 Å². The molecule has 0 aliphatic rings. The second-order valence-electron chi connectivity index (χ2n) is 1.63. The van der Waals surface area contributed by atoms with Gasteiger partial charge in [0.05, 0.1) is 19.5 Å². The van der Waals surface area contributed by atoms with Crippen LogP contribution in [0.3, 0.4) is 0 Å². The average Bonchev–Trinajstić information content (AvgIpc) is 2.05. The number of methoxy groups -OCH3 is 1. The van der Waals surface area contributed by atoms with Gasteiger partial charge in [0.25, 0.3) is 0 Å². The molecule has 0 aliphatic carbocycles. The van der Waals surface area contributed by atoms with Crippen LogP contribution < -0.4 is 4.74 Å². The van der Waals surface area contributed by atoms with E-state index in [1.165, 1.54) is 13.3 Å². The normalized spacial score (nSPS) is 12.5. The average molecular weight is 173 g/mol.